The normalized spacial score (nSPS) is 20.4. The number of nitrogens with one attached hydrogen (secondary N) is 3. The zero-order valence-electron chi connectivity index (χ0n) is 11.6. The van der Waals surface area contributed by atoms with Gasteiger partial charge in [0.2, 0.25) is 5.95 Å². The van der Waals surface area contributed by atoms with Crippen molar-refractivity contribution in [2.45, 2.75) is 19.8 Å². The molecule has 1 atom stereocenters. The Kier molecular flexibility index (Phi) is 3.68. The van der Waals surface area contributed by atoms with Crippen molar-refractivity contribution in [3.8, 4) is 0 Å². The van der Waals surface area contributed by atoms with Gasteiger partial charge < -0.3 is 10.2 Å². The van der Waals surface area contributed by atoms with Gasteiger partial charge in [0, 0.05) is 19.6 Å². The summed E-state index contributed by atoms with van der Waals surface area (Å²) >= 11 is 0. The van der Waals surface area contributed by atoms with E-state index in [-0.39, 0.29) is 5.56 Å². The van der Waals surface area contributed by atoms with Crippen LogP contribution in [0.2, 0.25) is 0 Å². The molecule has 7 nitrogen and oxygen atoms in total. The number of hydrogen-bond donors (Lipinski definition) is 3. The first kappa shape index (κ1) is 13.1. The molecule has 0 bridgehead atoms. The van der Waals surface area contributed by atoms with Gasteiger partial charge in [-0.2, -0.15) is 10.1 Å². The lowest BCUT2D eigenvalue weighted by Gasteiger charge is -2.30. The summed E-state index contributed by atoms with van der Waals surface area (Å²) in [6.07, 6.45) is 4.09. The highest BCUT2D eigenvalue weighted by molar-refractivity contribution is 5.73. The molecule has 3 heterocycles. The van der Waals surface area contributed by atoms with Crippen LogP contribution >= 0.6 is 0 Å². The predicted molar refractivity (Wildman–Crippen MR) is 77.8 cm³/mol. The van der Waals surface area contributed by atoms with Crippen LogP contribution in [0.1, 0.15) is 19.8 Å². The quantitative estimate of drug-likeness (QED) is 0.768. The molecule has 1 fully saturated rings. The van der Waals surface area contributed by atoms with E-state index in [4.69, 9.17) is 0 Å². The van der Waals surface area contributed by atoms with Gasteiger partial charge in [-0.05, 0) is 25.3 Å². The Bertz CT molecular complexity index is 633. The van der Waals surface area contributed by atoms with Crippen molar-refractivity contribution in [2.75, 3.05) is 31.5 Å². The fourth-order valence-electron chi connectivity index (χ4n) is 2.75. The average molecular weight is 276 g/mol. The number of aromatic amines is 2. The summed E-state index contributed by atoms with van der Waals surface area (Å²) in [5.41, 5.74) is 0.348. The maximum atomic E-state index is 11.8. The molecule has 20 heavy (non-hydrogen) atoms. The van der Waals surface area contributed by atoms with E-state index in [0.717, 1.165) is 32.1 Å². The minimum atomic E-state index is -0.169. The molecule has 2 aromatic rings. The second-order valence-corrected chi connectivity index (χ2v) is 5.52. The molecule has 1 aliphatic heterocycles. The number of H-pyrrole nitrogens is 2. The SMILES string of the molecule is CC1CCCN(CCNc2nc3[nH]ncc3c(=O)[nH]2)C1. The standard InChI is InChI=1S/C13H20N6O/c1-9-3-2-5-19(8-9)6-4-14-13-16-11-10(7-15-18-11)12(20)17-13/h7,9H,2-6,8H2,1H3,(H3,14,15,16,17,18,20). The van der Waals surface area contributed by atoms with Gasteiger partial charge in [0.25, 0.3) is 5.56 Å². The van der Waals surface area contributed by atoms with Crippen molar-refractivity contribution in [1.29, 1.82) is 0 Å². The van der Waals surface area contributed by atoms with Crippen molar-refractivity contribution in [3.63, 3.8) is 0 Å². The molecule has 108 valence electrons. The lowest BCUT2D eigenvalue weighted by Crippen LogP contribution is -2.37. The maximum absolute atomic E-state index is 11.8. The van der Waals surface area contributed by atoms with Crippen LogP contribution in [0, 0.1) is 5.92 Å². The molecule has 3 rings (SSSR count). The third-order valence-electron chi connectivity index (χ3n) is 3.78. The van der Waals surface area contributed by atoms with Crippen LogP contribution < -0.4 is 10.9 Å². The minimum Gasteiger partial charge on any atom is -0.354 e. The zero-order valence-corrected chi connectivity index (χ0v) is 11.6. The summed E-state index contributed by atoms with van der Waals surface area (Å²) in [5.74, 6) is 1.28. The third kappa shape index (κ3) is 2.82. The molecular formula is C13H20N6O. The molecule has 0 spiro atoms. The molecule has 0 aromatic carbocycles. The Morgan fingerprint density at radius 1 is 1.55 bits per heavy atom. The lowest BCUT2D eigenvalue weighted by molar-refractivity contribution is 0.190. The van der Waals surface area contributed by atoms with Crippen LogP contribution in [0.3, 0.4) is 0 Å². The third-order valence-corrected chi connectivity index (χ3v) is 3.78. The monoisotopic (exact) mass is 276 g/mol. The first-order valence-electron chi connectivity index (χ1n) is 7.12. The van der Waals surface area contributed by atoms with Crippen LogP contribution in [0.25, 0.3) is 11.0 Å². The van der Waals surface area contributed by atoms with E-state index < -0.39 is 0 Å². The molecule has 0 aliphatic carbocycles. The predicted octanol–water partition coefficient (Wildman–Crippen LogP) is 0.790. The molecule has 0 saturated carbocycles. The molecule has 1 saturated heterocycles. The van der Waals surface area contributed by atoms with Crippen molar-refractivity contribution in [3.05, 3.63) is 16.6 Å². The van der Waals surface area contributed by atoms with Gasteiger partial charge in [-0.1, -0.05) is 6.92 Å². The lowest BCUT2D eigenvalue weighted by atomic mass is 10.0. The van der Waals surface area contributed by atoms with E-state index in [1.54, 1.807) is 0 Å². The Hall–Kier alpha value is -1.89. The van der Waals surface area contributed by atoms with E-state index in [1.165, 1.54) is 19.0 Å². The molecule has 7 heteroatoms. The first-order valence-corrected chi connectivity index (χ1v) is 7.12. The van der Waals surface area contributed by atoms with Gasteiger partial charge >= 0.3 is 0 Å². The summed E-state index contributed by atoms with van der Waals surface area (Å²) in [5, 5.41) is 10.2. The van der Waals surface area contributed by atoms with Gasteiger partial charge in [-0.25, -0.2) is 0 Å². The number of fused-ring (bicyclic) bond motifs is 1. The second kappa shape index (κ2) is 5.62. The Morgan fingerprint density at radius 3 is 3.30 bits per heavy atom. The zero-order chi connectivity index (χ0) is 13.9. The Balaban J connectivity index is 1.58. The maximum Gasteiger partial charge on any atom is 0.263 e. The van der Waals surface area contributed by atoms with Crippen molar-refractivity contribution in [2.24, 2.45) is 5.92 Å². The minimum absolute atomic E-state index is 0.169. The van der Waals surface area contributed by atoms with Crippen LogP contribution in [0.5, 0.6) is 0 Å². The number of hydrogen-bond acceptors (Lipinski definition) is 5. The van der Waals surface area contributed by atoms with Gasteiger partial charge in [-0.15, -0.1) is 0 Å². The number of likely N-dealkylation sites (tertiary alicyclic amines) is 1. The van der Waals surface area contributed by atoms with E-state index in [9.17, 15) is 4.79 Å². The van der Waals surface area contributed by atoms with Crippen molar-refractivity contribution < 1.29 is 0 Å². The van der Waals surface area contributed by atoms with Crippen molar-refractivity contribution in [1.82, 2.24) is 25.1 Å². The summed E-state index contributed by atoms with van der Waals surface area (Å²) in [4.78, 5) is 21.2. The number of piperidine rings is 1. The molecular weight excluding hydrogens is 256 g/mol. The fourth-order valence-corrected chi connectivity index (χ4v) is 2.75. The van der Waals surface area contributed by atoms with Crippen LogP contribution in [0.15, 0.2) is 11.0 Å². The molecule has 1 aliphatic rings. The van der Waals surface area contributed by atoms with E-state index >= 15 is 0 Å². The number of aromatic nitrogens is 4. The molecule has 2 aromatic heterocycles. The Labute approximate surface area is 116 Å². The van der Waals surface area contributed by atoms with E-state index in [1.807, 2.05) is 0 Å². The molecule has 0 radical (unpaired) electrons. The van der Waals surface area contributed by atoms with E-state index in [0.29, 0.717) is 17.0 Å². The second-order valence-electron chi connectivity index (χ2n) is 5.52. The number of anilines is 1. The molecule has 1 unspecified atom stereocenters. The topological polar surface area (TPSA) is 89.7 Å². The molecule has 3 N–H and O–H groups in total. The highest BCUT2D eigenvalue weighted by Crippen LogP contribution is 2.14. The molecule has 0 amide bonds. The highest BCUT2D eigenvalue weighted by atomic mass is 16.1. The average Bonchev–Trinajstić information content (AvgIpc) is 2.88. The van der Waals surface area contributed by atoms with Crippen LogP contribution in [-0.4, -0.2) is 51.2 Å². The largest absolute Gasteiger partial charge is 0.354 e. The number of nitrogens with zero attached hydrogens (tertiary/aromatic N) is 3. The Morgan fingerprint density at radius 2 is 2.45 bits per heavy atom. The van der Waals surface area contributed by atoms with Crippen molar-refractivity contribution >= 4 is 17.0 Å². The van der Waals surface area contributed by atoms with Gasteiger partial charge in [-0.3, -0.25) is 14.9 Å². The first-order chi connectivity index (χ1) is 9.72. The summed E-state index contributed by atoms with van der Waals surface area (Å²) in [6, 6.07) is 0. The smallest absolute Gasteiger partial charge is 0.263 e. The van der Waals surface area contributed by atoms with Gasteiger partial charge in [0.1, 0.15) is 5.39 Å². The highest BCUT2D eigenvalue weighted by Gasteiger charge is 2.15. The fraction of sp³-hybridized carbons (Fsp3) is 0.615. The summed E-state index contributed by atoms with van der Waals surface area (Å²) < 4.78 is 0. The van der Waals surface area contributed by atoms with Gasteiger partial charge in [0.05, 0.1) is 6.20 Å². The number of rotatable bonds is 4. The van der Waals surface area contributed by atoms with Crippen LogP contribution in [-0.2, 0) is 0 Å². The van der Waals surface area contributed by atoms with Crippen LogP contribution in [0.4, 0.5) is 5.95 Å². The summed E-state index contributed by atoms with van der Waals surface area (Å²) in [6.45, 7) is 6.36. The summed E-state index contributed by atoms with van der Waals surface area (Å²) in [7, 11) is 0. The van der Waals surface area contributed by atoms with E-state index in [2.05, 4.69) is 37.3 Å². The van der Waals surface area contributed by atoms with Gasteiger partial charge in [0.15, 0.2) is 5.65 Å².